The number of methoxy groups -OCH3 is 1. The molecule has 0 aliphatic heterocycles. The first-order chi connectivity index (χ1) is 11.1. The van der Waals surface area contributed by atoms with Crippen LogP contribution in [0.3, 0.4) is 0 Å². The van der Waals surface area contributed by atoms with Gasteiger partial charge in [0.05, 0.1) is 18.5 Å². The predicted octanol–water partition coefficient (Wildman–Crippen LogP) is 3.55. The van der Waals surface area contributed by atoms with Gasteiger partial charge in [0.15, 0.2) is 5.69 Å². The summed E-state index contributed by atoms with van der Waals surface area (Å²) in [7, 11) is 1.59. The highest BCUT2D eigenvalue weighted by Gasteiger charge is 2.17. The van der Waals surface area contributed by atoms with E-state index < -0.39 is 5.97 Å². The fourth-order valence-corrected chi connectivity index (χ4v) is 2.41. The van der Waals surface area contributed by atoms with Crippen molar-refractivity contribution in [3.05, 3.63) is 65.9 Å². The molecule has 3 aromatic rings. The number of hydrogen-bond acceptors (Lipinski definition) is 3. The SMILES string of the molecule is COc1cccc(-c2cc(C(=O)O)n(-c3cccc(C)c3)n2)c1. The molecule has 2 aromatic carbocycles. The molecule has 0 saturated heterocycles. The lowest BCUT2D eigenvalue weighted by Crippen LogP contribution is -2.07. The number of carboxylic acid groups (broad SMARTS) is 1. The molecular weight excluding hydrogens is 292 g/mol. The van der Waals surface area contributed by atoms with Gasteiger partial charge >= 0.3 is 5.97 Å². The number of hydrogen-bond donors (Lipinski definition) is 1. The van der Waals surface area contributed by atoms with Gasteiger partial charge in [0.1, 0.15) is 5.75 Å². The van der Waals surface area contributed by atoms with Crippen molar-refractivity contribution >= 4 is 5.97 Å². The number of ether oxygens (including phenoxy) is 1. The van der Waals surface area contributed by atoms with Crippen LogP contribution >= 0.6 is 0 Å². The first kappa shape index (κ1) is 14.8. The molecule has 23 heavy (non-hydrogen) atoms. The van der Waals surface area contributed by atoms with E-state index in [-0.39, 0.29) is 5.69 Å². The molecule has 1 N–H and O–H groups in total. The van der Waals surface area contributed by atoms with Gasteiger partial charge in [0.2, 0.25) is 0 Å². The Labute approximate surface area is 133 Å². The van der Waals surface area contributed by atoms with Crippen LogP contribution in [0.4, 0.5) is 0 Å². The smallest absolute Gasteiger partial charge is 0.354 e. The summed E-state index contributed by atoms with van der Waals surface area (Å²) in [6.45, 7) is 1.95. The minimum absolute atomic E-state index is 0.119. The number of benzene rings is 2. The number of rotatable bonds is 4. The molecule has 0 aliphatic rings. The summed E-state index contributed by atoms with van der Waals surface area (Å²) in [4.78, 5) is 11.6. The Kier molecular flexibility index (Phi) is 3.85. The average Bonchev–Trinajstić information content (AvgIpc) is 3.00. The lowest BCUT2D eigenvalue weighted by molar-refractivity contribution is 0.0687. The maximum Gasteiger partial charge on any atom is 0.354 e. The van der Waals surface area contributed by atoms with E-state index in [1.54, 1.807) is 13.2 Å². The molecule has 1 aromatic heterocycles. The predicted molar refractivity (Wildman–Crippen MR) is 87.2 cm³/mol. The summed E-state index contributed by atoms with van der Waals surface area (Å²) in [6.07, 6.45) is 0. The summed E-state index contributed by atoms with van der Waals surface area (Å²) in [5.74, 6) is -0.322. The topological polar surface area (TPSA) is 64.3 Å². The van der Waals surface area contributed by atoms with Crippen LogP contribution in [0.15, 0.2) is 54.6 Å². The third-order valence-corrected chi connectivity index (χ3v) is 3.54. The van der Waals surface area contributed by atoms with Crippen LogP contribution in [0.1, 0.15) is 16.1 Å². The second-order valence-electron chi connectivity index (χ2n) is 5.20. The summed E-state index contributed by atoms with van der Waals surface area (Å²) in [5, 5.41) is 13.9. The molecule has 0 amide bonds. The highest BCUT2D eigenvalue weighted by molar-refractivity contribution is 5.88. The lowest BCUT2D eigenvalue weighted by Gasteiger charge is -2.05. The molecular formula is C18H16N2O3. The van der Waals surface area contributed by atoms with Crippen molar-refractivity contribution in [2.24, 2.45) is 0 Å². The number of carboxylic acids is 1. The van der Waals surface area contributed by atoms with Crippen LogP contribution in [-0.2, 0) is 0 Å². The van der Waals surface area contributed by atoms with E-state index in [4.69, 9.17) is 4.74 Å². The normalized spacial score (nSPS) is 10.5. The van der Waals surface area contributed by atoms with Crippen molar-refractivity contribution in [2.45, 2.75) is 6.92 Å². The second-order valence-corrected chi connectivity index (χ2v) is 5.20. The van der Waals surface area contributed by atoms with Crippen LogP contribution < -0.4 is 4.74 Å². The molecule has 0 aliphatic carbocycles. The van der Waals surface area contributed by atoms with Gasteiger partial charge in [-0.1, -0.05) is 24.3 Å². The molecule has 0 atom stereocenters. The van der Waals surface area contributed by atoms with E-state index in [2.05, 4.69) is 5.10 Å². The van der Waals surface area contributed by atoms with E-state index >= 15 is 0 Å². The Hall–Kier alpha value is -3.08. The van der Waals surface area contributed by atoms with Crippen molar-refractivity contribution < 1.29 is 14.6 Å². The first-order valence-corrected chi connectivity index (χ1v) is 7.13. The number of aromatic carboxylic acids is 1. The zero-order valence-corrected chi connectivity index (χ0v) is 12.9. The lowest BCUT2D eigenvalue weighted by atomic mass is 10.1. The maximum atomic E-state index is 11.6. The largest absolute Gasteiger partial charge is 0.497 e. The Morgan fingerprint density at radius 3 is 2.61 bits per heavy atom. The van der Waals surface area contributed by atoms with E-state index in [9.17, 15) is 9.90 Å². The fourth-order valence-electron chi connectivity index (χ4n) is 2.41. The minimum atomic E-state index is -1.02. The van der Waals surface area contributed by atoms with Crippen molar-refractivity contribution in [3.63, 3.8) is 0 Å². The third kappa shape index (κ3) is 2.94. The van der Waals surface area contributed by atoms with Crippen LogP contribution in [0, 0.1) is 6.92 Å². The Balaban J connectivity index is 2.14. The molecule has 3 rings (SSSR count). The molecule has 5 heteroatoms. The Morgan fingerprint density at radius 1 is 1.13 bits per heavy atom. The molecule has 0 spiro atoms. The molecule has 1 heterocycles. The van der Waals surface area contributed by atoms with Gasteiger partial charge in [-0.15, -0.1) is 0 Å². The molecule has 0 fully saturated rings. The van der Waals surface area contributed by atoms with Crippen LogP contribution in [0.25, 0.3) is 16.9 Å². The van der Waals surface area contributed by atoms with Crippen LogP contribution in [0.2, 0.25) is 0 Å². The highest BCUT2D eigenvalue weighted by Crippen LogP contribution is 2.25. The fraction of sp³-hybridized carbons (Fsp3) is 0.111. The number of aromatic nitrogens is 2. The van der Waals surface area contributed by atoms with Gasteiger partial charge in [-0.25, -0.2) is 9.48 Å². The Bertz CT molecular complexity index is 868. The molecule has 0 bridgehead atoms. The van der Waals surface area contributed by atoms with Crippen molar-refractivity contribution in [1.82, 2.24) is 9.78 Å². The van der Waals surface area contributed by atoms with Crippen molar-refractivity contribution in [2.75, 3.05) is 7.11 Å². The zero-order valence-electron chi connectivity index (χ0n) is 12.9. The molecule has 0 saturated carbocycles. The van der Waals surface area contributed by atoms with Crippen LogP contribution in [-0.4, -0.2) is 28.0 Å². The summed E-state index contributed by atoms with van der Waals surface area (Å²) in [5.41, 5.74) is 3.27. The monoisotopic (exact) mass is 308 g/mol. The molecule has 0 unspecified atom stereocenters. The average molecular weight is 308 g/mol. The summed E-state index contributed by atoms with van der Waals surface area (Å²) < 4.78 is 6.66. The standard InChI is InChI=1S/C18H16N2O3/c1-12-5-3-7-14(9-12)20-17(18(21)22)11-16(19-20)13-6-4-8-15(10-13)23-2/h3-11H,1-2H3,(H,21,22). The Morgan fingerprint density at radius 2 is 1.91 bits per heavy atom. The number of carbonyl (C=O) groups is 1. The van der Waals surface area contributed by atoms with Gasteiger partial charge in [-0.3, -0.25) is 0 Å². The van der Waals surface area contributed by atoms with Gasteiger partial charge < -0.3 is 9.84 Å². The number of nitrogens with zero attached hydrogens (tertiary/aromatic N) is 2. The molecule has 5 nitrogen and oxygen atoms in total. The second kappa shape index (κ2) is 5.96. The van der Waals surface area contributed by atoms with Gasteiger partial charge in [0, 0.05) is 5.56 Å². The van der Waals surface area contributed by atoms with E-state index in [0.29, 0.717) is 11.4 Å². The van der Waals surface area contributed by atoms with Gasteiger partial charge in [-0.2, -0.15) is 5.10 Å². The molecule has 116 valence electrons. The maximum absolute atomic E-state index is 11.6. The van der Waals surface area contributed by atoms with E-state index in [0.717, 1.165) is 16.8 Å². The van der Waals surface area contributed by atoms with E-state index in [1.807, 2.05) is 55.5 Å². The quantitative estimate of drug-likeness (QED) is 0.800. The first-order valence-electron chi connectivity index (χ1n) is 7.13. The van der Waals surface area contributed by atoms with Crippen molar-refractivity contribution in [3.8, 4) is 22.7 Å². The van der Waals surface area contributed by atoms with Crippen molar-refractivity contribution in [1.29, 1.82) is 0 Å². The minimum Gasteiger partial charge on any atom is -0.497 e. The van der Waals surface area contributed by atoms with Gasteiger partial charge in [0.25, 0.3) is 0 Å². The highest BCUT2D eigenvalue weighted by atomic mass is 16.5. The molecule has 0 radical (unpaired) electrons. The number of aryl methyl sites for hydroxylation is 1. The van der Waals surface area contributed by atoms with Crippen LogP contribution in [0.5, 0.6) is 5.75 Å². The van der Waals surface area contributed by atoms with E-state index in [1.165, 1.54) is 4.68 Å². The zero-order chi connectivity index (χ0) is 16.4. The summed E-state index contributed by atoms with van der Waals surface area (Å²) in [6, 6.07) is 16.5. The van der Waals surface area contributed by atoms with Gasteiger partial charge in [-0.05, 0) is 42.8 Å². The third-order valence-electron chi connectivity index (χ3n) is 3.54. The summed E-state index contributed by atoms with van der Waals surface area (Å²) >= 11 is 0.